The van der Waals surface area contributed by atoms with Crippen LogP contribution in [-0.4, -0.2) is 75.1 Å². The van der Waals surface area contributed by atoms with E-state index in [0.29, 0.717) is 19.6 Å². The molecule has 1 amide bonds. The van der Waals surface area contributed by atoms with Crippen LogP contribution in [0.4, 0.5) is 4.39 Å². The van der Waals surface area contributed by atoms with Crippen molar-refractivity contribution in [3.8, 4) is 5.75 Å². The molecule has 1 aliphatic rings. The highest BCUT2D eigenvalue weighted by Gasteiger charge is 2.21. The fourth-order valence-corrected chi connectivity index (χ4v) is 3.13. The summed E-state index contributed by atoms with van der Waals surface area (Å²) >= 11 is 0. The Labute approximate surface area is 173 Å². The number of rotatable bonds is 6. The standard InChI is InChI=1S/C21H34FN5O2/c1-21(2,3)19(28)24-8-9-25-20(23-4)27-12-10-26(11-13-27)15-16-6-7-18(29-5)17(22)14-16/h6-7,14H,8-13,15H2,1-5H3,(H,23,25)(H,24,28). The van der Waals surface area contributed by atoms with Crippen LogP contribution in [-0.2, 0) is 11.3 Å². The van der Waals surface area contributed by atoms with Crippen LogP contribution in [0.3, 0.4) is 0 Å². The monoisotopic (exact) mass is 407 g/mol. The van der Waals surface area contributed by atoms with Crippen LogP contribution in [0, 0.1) is 11.2 Å². The summed E-state index contributed by atoms with van der Waals surface area (Å²) in [6.45, 7) is 11.0. The molecule has 0 bridgehead atoms. The first-order chi connectivity index (χ1) is 13.7. The van der Waals surface area contributed by atoms with Crippen LogP contribution in [0.15, 0.2) is 23.2 Å². The van der Waals surface area contributed by atoms with Crippen molar-refractivity contribution < 1.29 is 13.9 Å². The van der Waals surface area contributed by atoms with Crippen molar-refractivity contribution in [1.29, 1.82) is 0 Å². The lowest BCUT2D eigenvalue weighted by atomic mass is 9.96. The van der Waals surface area contributed by atoms with E-state index in [1.54, 1.807) is 13.1 Å². The fourth-order valence-electron chi connectivity index (χ4n) is 3.13. The van der Waals surface area contributed by atoms with Crippen molar-refractivity contribution in [3.05, 3.63) is 29.6 Å². The molecular weight excluding hydrogens is 373 g/mol. The zero-order valence-electron chi connectivity index (χ0n) is 18.2. The molecule has 0 spiro atoms. The average molecular weight is 408 g/mol. The number of guanidine groups is 1. The molecule has 0 saturated carbocycles. The number of amides is 1. The molecule has 1 aromatic carbocycles. The molecule has 29 heavy (non-hydrogen) atoms. The predicted octanol–water partition coefficient (Wildman–Crippen LogP) is 1.69. The molecule has 1 saturated heterocycles. The van der Waals surface area contributed by atoms with Gasteiger partial charge in [0.15, 0.2) is 17.5 Å². The Kier molecular flexibility index (Phi) is 8.25. The topological polar surface area (TPSA) is 69.2 Å². The van der Waals surface area contributed by atoms with E-state index < -0.39 is 0 Å². The van der Waals surface area contributed by atoms with Gasteiger partial charge in [-0.05, 0) is 17.7 Å². The lowest BCUT2D eigenvalue weighted by Crippen LogP contribution is -2.53. The van der Waals surface area contributed by atoms with Gasteiger partial charge in [0.25, 0.3) is 0 Å². The van der Waals surface area contributed by atoms with Crippen LogP contribution >= 0.6 is 0 Å². The number of piperazine rings is 1. The molecule has 1 heterocycles. The number of carbonyl (C=O) groups excluding carboxylic acids is 1. The summed E-state index contributed by atoms with van der Waals surface area (Å²) in [5, 5.41) is 6.24. The van der Waals surface area contributed by atoms with E-state index in [4.69, 9.17) is 4.74 Å². The molecule has 162 valence electrons. The minimum Gasteiger partial charge on any atom is -0.494 e. The molecule has 2 rings (SSSR count). The maximum Gasteiger partial charge on any atom is 0.225 e. The van der Waals surface area contributed by atoms with E-state index in [9.17, 15) is 9.18 Å². The van der Waals surface area contributed by atoms with E-state index in [2.05, 4.69) is 25.4 Å². The Bertz CT molecular complexity index is 710. The van der Waals surface area contributed by atoms with Gasteiger partial charge in [-0.3, -0.25) is 14.7 Å². The van der Waals surface area contributed by atoms with Gasteiger partial charge in [-0.1, -0.05) is 26.8 Å². The highest BCUT2D eigenvalue weighted by molar-refractivity contribution is 5.82. The minimum atomic E-state index is -0.384. The van der Waals surface area contributed by atoms with E-state index in [-0.39, 0.29) is 22.9 Å². The third-order valence-electron chi connectivity index (χ3n) is 4.88. The number of methoxy groups -OCH3 is 1. The van der Waals surface area contributed by atoms with E-state index in [0.717, 1.165) is 37.7 Å². The zero-order valence-corrected chi connectivity index (χ0v) is 18.2. The van der Waals surface area contributed by atoms with E-state index >= 15 is 0 Å². The molecule has 0 unspecified atom stereocenters. The largest absolute Gasteiger partial charge is 0.494 e. The molecule has 0 aromatic heterocycles. The summed E-state index contributed by atoms with van der Waals surface area (Å²) in [6, 6.07) is 5.11. The summed E-state index contributed by atoms with van der Waals surface area (Å²) in [5.74, 6) is 0.821. The molecule has 0 aliphatic carbocycles. The smallest absolute Gasteiger partial charge is 0.225 e. The molecule has 7 nitrogen and oxygen atoms in total. The Balaban J connectivity index is 1.75. The van der Waals surface area contributed by atoms with Gasteiger partial charge in [0.2, 0.25) is 5.91 Å². The summed E-state index contributed by atoms with van der Waals surface area (Å²) < 4.78 is 18.9. The Morgan fingerprint density at radius 2 is 1.83 bits per heavy atom. The molecule has 2 N–H and O–H groups in total. The summed E-state index contributed by atoms with van der Waals surface area (Å²) in [6.07, 6.45) is 0. The summed E-state index contributed by atoms with van der Waals surface area (Å²) in [4.78, 5) is 20.8. The second kappa shape index (κ2) is 10.4. The van der Waals surface area contributed by atoms with E-state index in [1.807, 2.05) is 26.8 Å². The summed E-state index contributed by atoms with van der Waals surface area (Å²) in [7, 11) is 3.24. The molecule has 1 fully saturated rings. The fraction of sp³-hybridized carbons (Fsp3) is 0.619. The van der Waals surface area contributed by atoms with Gasteiger partial charge in [0, 0.05) is 58.3 Å². The first kappa shape index (κ1) is 22.9. The maximum absolute atomic E-state index is 13.9. The highest BCUT2D eigenvalue weighted by atomic mass is 19.1. The average Bonchev–Trinajstić information content (AvgIpc) is 2.68. The number of aliphatic imine (C=N–C) groups is 1. The zero-order chi connectivity index (χ0) is 21.4. The van der Waals surface area contributed by atoms with Crippen molar-refractivity contribution in [1.82, 2.24) is 20.4 Å². The Morgan fingerprint density at radius 1 is 1.17 bits per heavy atom. The van der Waals surface area contributed by atoms with E-state index in [1.165, 1.54) is 13.2 Å². The minimum absolute atomic E-state index is 0.0397. The Hall–Kier alpha value is -2.35. The number of hydrogen-bond acceptors (Lipinski definition) is 4. The number of nitrogens with zero attached hydrogens (tertiary/aromatic N) is 3. The first-order valence-electron chi connectivity index (χ1n) is 10.0. The van der Waals surface area contributed by atoms with Crippen LogP contribution in [0.5, 0.6) is 5.75 Å². The lowest BCUT2D eigenvalue weighted by molar-refractivity contribution is -0.128. The number of ether oxygens (including phenoxy) is 1. The molecule has 0 atom stereocenters. The Morgan fingerprint density at radius 3 is 2.38 bits per heavy atom. The summed E-state index contributed by atoms with van der Waals surface area (Å²) in [5.41, 5.74) is 0.555. The maximum atomic E-state index is 13.9. The van der Waals surface area contributed by atoms with Gasteiger partial charge < -0.3 is 20.3 Å². The van der Waals surface area contributed by atoms with Crippen LogP contribution in [0.2, 0.25) is 0 Å². The highest BCUT2D eigenvalue weighted by Crippen LogP contribution is 2.19. The number of halogens is 1. The molecule has 1 aromatic rings. The van der Waals surface area contributed by atoms with Crippen LogP contribution in [0.1, 0.15) is 26.3 Å². The molecule has 8 heteroatoms. The first-order valence-corrected chi connectivity index (χ1v) is 10.0. The van der Waals surface area contributed by atoms with Crippen molar-refractivity contribution in [2.45, 2.75) is 27.3 Å². The van der Waals surface area contributed by atoms with Gasteiger partial charge in [-0.15, -0.1) is 0 Å². The van der Waals surface area contributed by atoms with Gasteiger partial charge in [-0.2, -0.15) is 0 Å². The van der Waals surface area contributed by atoms with Crippen LogP contribution < -0.4 is 15.4 Å². The quantitative estimate of drug-likeness (QED) is 0.427. The SMILES string of the molecule is CN=C(NCCNC(=O)C(C)(C)C)N1CCN(Cc2ccc(OC)c(F)c2)CC1. The number of nitrogens with one attached hydrogen (secondary N) is 2. The number of carbonyl (C=O) groups is 1. The van der Waals surface area contributed by atoms with Crippen molar-refractivity contribution in [3.63, 3.8) is 0 Å². The molecule has 1 aliphatic heterocycles. The van der Waals surface area contributed by atoms with Gasteiger partial charge in [0.1, 0.15) is 0 Å². The predicted molar refractivity (Wildman–Crippen MR) is 114 cm³/mol. The third kappa shape index (κ3) is 6.88. The second-order valence-electron chi connectivity index (χ2n) is 8.21. The lowest BCUT2D eigenvalue weighted by Gasteiger charge is -2.36. The number of benzene rings is 1. The van der Waals surface area contributed by atoms with Crippen molar-refractivity contribution in [2.75, 3.05) is 53.4 Å². The van der Waals surface area contributed by atoms with Crippen LogP contribution in [0.25, 0.3) is 0 Å². The van der Waals surface area contributed by atoms with Gasteiger partial charge in [-0.25, -0.2) is 4.39 Å². The molecule has 0 radical (unpaired) electrons. The normalized spacial score (nSPS) is 15.9. The van der Waals surface area contributed by atoms with Crippen molar-refractivity contribution >= 4 is 11.9 Å². The number of hydrogen-bond donors (Lipinski definition) is 2. The van der Waals surface area contributed by atoms with Crippen molar-refractivity contribution in [2.24, 2.45) is 10.4 Å². The van der Waals surface area contributed by atoms with Gasteiger partial charge >= 0.3 is 0 Å². The van der Waals surface area contributed by atoms with Gasteiger partial charge in [0.05, 0.1) is 7.11 Å². The third-order valence-corrected chi connectivity index (χ3v) is 4.88. The second-order valence-corrected chi connectivity index (χ2v) is 8.21. The molecular formula is C21H34FN5O2.